The summed E-state index contributed by atoms with van der Waals surface area (Å²) in [5, 5.41) is 8.36. The molecule has 0 spiro atoms. The molecule has 0 amide bonds. The van der Waals surface area contributed by atoms with Gasteiger partial charge in [-0.25, -0.2) is 0 Å². The predicted octanol–water partition coefficient (Wildman–Crippen LogP) is 3.39. The highest BCUT2D eigenvalue weighted by Gasteiger charge is 2.03. The minimum Gasteiger partial charge on any atom is -0.427 e. The molecule has 0 saturated heterocycles. The van der Waals surface area contributed by atoms with Crippen molar-refractivity contribution in [2.24, 2.45) is 0 Å². The van der Waals surface area contributed by atoms with Gasteiger partial charge in [0.2, 0.25) is 0 Å². The molecule has 0 aromatic heterocycles. The Labute approximate surface area is 101 Å². The van der Waals surface area contributed by atoms with Gasteiger partial charge in [-0.15, -0.1) is 0 Å². The fourth-order valence-corrected chi connectivity index (χ4v) is 1.84. The highest BCUT2D eigenvalue weighted by molar-refractivity contribution is 5.67. The van der Waals surface area contributed by atoms with Gasteiger partial charge in [0.05, 0.1) is 0 Å². The summed E-state index contributed by atoms with van der Waals surface area (Å²) in [5.41, 5.74) is 3.60. The van der Waals surface area contributed by atoms with Crippen molar-refractivity contribution in [3.05, 3.63) is 60.2 Å². The monoisotopic (exact) mass is 223 g/mol. The normalized spacial score (nSPS) is 9.59. The van der Waals surface area contributed by atoms with Crippen LogP contribution < -0.4 is 0 Å². The summed E-state index contributed by atoms with van der Waals surface area (Å²) in [6, 6.07) is 18.4. The van der Waals surface area contributed by atoms with Crippen LogP contribution in [0.1, 0.15) is 5.56 Å². The predicted molar refractivity (Wildman–Crippen MR) is 67.1 cm³/mol. The quantitative estimate of drug-likeness (QED) is 0.588. The van der Waals surface area contributed by atoms with E-state index in [1.54, 1.807) is 6.26 Å². The Balaban J connectivity index is 2.25. The summed E-state index contributed by atoms with van der Waals surface area (Å²) in [7, 11) is 0. The summed E-state index contributed by atoms with van der Waals surface area (Å²) in [4.78, 5) is 0. The second kappa shape index (κ2) is 5.72. The zero-order chi connectivity index (χ0) is 11.9. The molecule has 0 unspecified atom stereocenters. The molecule has 2 aromatic rings. The van der Waals surface area contributed by atoms with Crippen molar-refractivity contribution < 1.29 is 4.74 Å². The Kier molecular flexibility index (Phi) is 3.77. The first kappa shape index (κ1) is 11.2. The largest absolute Gasteiger partial charge is 0.427 e. The molecule has 0 fully saturated rings. The molecule has 0 saturated carbocycles. The Morgan fingerprint density at radius 3 is 2.41 bits per heavy atom. The lowest BCUT2D eigenvalue weighted by molar-refractivity contribution is 0.275. The number of ether oxygens (including phenoxy) is 1. The molecular formula is C15H13NO. The van der Waals surface area contributed by atoms with Crippen LogP contribution in [0, 0.1) is 11.5 Å². The van der Waals surface area contributed by atoms with Gasteiger partial charge in [-0.2, -0.15) is 5.26 Å². The Morgan fingerprint density at radius 2 is 1.65 bits per heavy atom. The lowest BCUT2D eigenvalue weighted by atomic mass is 9.98. The summed E-state index contributed by atoms with van der Waals surface area (Å²) in [5.74, 6) is 0. The standard InChI is InChI=1S/C15H13NO/c16-12-17-11-10-14-8-4-5-9-15(14)13-6-2-1-3-7-13/h1-9H,10-11H2. The zero-order valence-electron chi connectivity index (χ0n) is 9.47. The van der Waals surface area contributed by atoms with E-state index >= 15 is 0 Å². The van der Waals surface area contributed by atoms with Crippen LogP contribution in [0.4, 0.5) is 0 Å². The topological polar surface area (TPSA) is 33.0 Å². The van der Waals surface area contributed by atoms with E-state index in [0.29, 0.717) is 6.61 Å². The molecule has 2 nitrogen and oxygen atoms in total. The van der Waals surface area contributed by atoms with Crippen molar-refractivity contribution in [1.82, 2.24) is 0 Å². The van der Waals surface area contributed by atoms with Crippen LogP contribution in [-0.4, -0.2) is 6.61 Å². The number of rotatable bonds is 4. The van der Waals surface area contributed by atoms with Gasteiger partial charge in [0, 0.05) is 6.42 Å². The first-order valence-electron chi connectivity index (χ1n) is 5.56. The van der Waals surface area contributed by atoms with Crippen molar-refractivity contribution in [3.63, 3.8) is 0 Å². The SMILES string of the molecule is N#COCCc1ccccc1-c1ccccc1. The van der Waals surface area contributed by atoms with Crippen LogP contribution in [0.2, 0.25) is 0 Å². The van der Waals surface area contributed by atoms with Gasteiger partial charge in [-0.05, 0) is 16.7 Å². The highest BCUT2D eigenvalue weighted by Crippen LogP contribution is 2.23. The minimum absolute atomic E-state index is 0.431. The minimum atomic E-state index is 0.431. The first-order chi connectivity index (χ1) is 8.42. The van der Waals surface area contributed by atoms with Crippen LogP contribution in [0.15, 0.2) is 54.6 Å². The molecule has 84 valence electrons. The molecule has 0 heterocycles. The van der Waals surface area contributed by atoms with Crippen molar-refractivity contribution >= 4 is 0 Å². The van der Waals surface area contributed by atoms with E-state index in [-0.39, 0.29) is 0 Å². The molecular weight excluding hydrogens is 210 g/mol. The number of benzene rings is 2. The lowest BCUT2D eigenvalue weighted by Crippen LogP contribution is -1.96. The number of hydrogen-bond donors (Lipinski definition) is 0. The molecule has 0 atom stereocenters. The lowest BCUT2D eigenvalue weighted by Gasteiger charge is -2.08. The number of nitriles is 1. The number of hydrogen-bond acceptors (Lipinski definition) is 2. The van der Waals surface area contributed by atoms with Gasteiger partial charge in [0.25, 0.3) is 6.26 Å². The zero-order valence-corrected chi connectivity index (χ0v) is 9.47. The fraction of sp³-hybridized carbons (Fsp3) is 0.133. The second-order valence-electron chi connectivity index (χ2n) is 3.71. The van der Waals surface area contributed by atoms with Crippen molar-refractivity contribution in [2.75, 3.05) is 6.61 Å². The molecule has 0 radical (unpaired) electrons. The second-order valence-corrected chi connectivity index (χ2v) is 3.71. The molecule has 0 N–H and O–H groups in total. The third-order valence-corrected chi connectivity index (χ3v) is 2.64. The van der Waals surface area contributed by atoms with E-state index < -0.39 is 0 Å². The molecule has 0 aliphatic heterocycles. The third-order valence-electron chi connectivity index (χ3n) is 2.64. The van der Waals surface area contributed by atoms with E-state index in [1.807, 2.05) is 30.3 Å². The summed E-state index contributed by atoms with van der Waals surface area (Å²) < 4.78 is 4.73. The van der Waals surface area contributed by atoms with E-state index in [2.05, 4.69) is 24.3 Å². The average molecular weight is 223 g/mol. The van der Waals surface area contributed by atoms with Crippen LogP contribution in [-0.2, 0) is 11.2 Å². The fourth-order valence-electron chi connectivity index (χ4n) is 1.84. The van der Waals surface area contributed by atoms with Crippen molar-refractivity contribution in [3.8, 4) is 17.4 Å². The Hall–Kier alpha value is -2.27. The first-order valence-corrected chi connectivity index (χ1v) is 5.56. The molecule has 0 bridgehead atoms. The van der Waals surface area contributed by atoms with Crippen LogP contribution in [0.25, 0.3) is 11.1 Å². The van der Waals surface area contributed by atoms with Crippen LogP contribution in [0.3, 0.4) is 0 Å². The third kappa shape index (κ3) is 2.85. The smallest absolute Gasteiger partial charge is 0.286 e. The van der Waals surface area contributed by atoms with Gasteiger partial charge in [-0.1, -0.05) is 54.6 Å². The van der Waals surface area contributed by atoms with Gasteiger partial charge in [0.1, 0.15) is 6.61 Å². The average Bonchev–Trinajstić information content (AvgIpc) is 2.41. The molecule has 17 heavy (non-hydrogen) atoms. The van der Waals surface area contributed by atoms with Gasteiger partial charge >= 0.3 is 0 Å². The Morgan fingerprint density at radius 1 is 0.941 bits per heavy atom. The van der Waals surface area contributed by atoms with Crippen LogP contribution >= 0.6 is 0 Å². The van der Waals surface area contributed by atoms with E-state index in [9.17, 15) is 0 Å². The maximum atomic E-state index is 8.36. The van der Waals surface area contributed by atoms with Crippen molar-refractivity contribution in [2.45, 2.75) is 6.42 Å². The molecule has 2 rings (SSSR count). The number of nitrogens with zero attached hydrogens (tertiary/aromatic N) is 1. The van der Waals surface area contributed by atoms with E-state index in [0.717, 1.165) is 6.42 Å². The van der Waals surface area contributed by atoms with E-state index in [4.69, 9.17) is 10.00 Å². The Bertz CT molecular complexity index is 514. The van der Waals surface area contributed by atoms with Gasteiger partial charge in [-0.3, -0.25) is 0 Å². The molecule has 0 aliphatic carbocycles. The molecule has 2 heteroatoms. The molecule has 2 aromatic carbocycles. The van der Waals surface area contributed by atoms with Gasteiger partial charge in [0.15, 0.2) is 0 Å². The van der Waals surface area contributed by atoms with Crippen molar-refractivity contribution in [1.29, 1.82) is 5.26 Å². The maximum absolute atomic E-state index is 8.36. The molecule has 0 aliphatic rings. The summed E-state index contributed by atoms with van der Waals surface area (Å²) >= 11 is 0. The van der Waals surface area contributed by atoms with Crippen LogP contribution in [0.5, 0.6) is 0 Å². The summed E-state index contributed by atoms with van der Waals surface area (Å²) in [6.07, 6.45) is 2.45. The summed E-state index contributed by atoms with van der Waals surface area (Å²) in [6.45, 7) is 0.431. The van der Waals surface area contributed by atoms with Gasteiger partial charge < -0.3 is 4.74 Å². The maximum Gasteiger partial charge on any atom is 0.286 e. The highest BCUT2D eigenvalue weighted by atomic mass is 16.5. The van der Waals surface area contributed by atoms with E-state index in [1.165, 1.54) is 16.7 Å².